The number of carbonyl (C=O) groups excluding carboxylic acids is 2. The van der Waals surface area contributed by atoms with Crippen LogP contribution in [0.15, 0.2) is 71.6 Å². The maximum Gasteiger partial charge on any atom is 0.339 e. The zero-order valence-corrected chi connectivity index (χ0v) is 19.9. The predicted octanol–water partition coefficient (Wildman–Crippen LogP) is 3.57. The molecule has 9 nitrogen and oxygen atoms in total. The van der Waals surface area contributed by atoms with E-state index >= 15 is 0 Å². The van der Waals surface area contributed by atoms with Gasteiger partial charge in [-0.2, -0.15) is 0 Å². The maximum atomic E-state index is 13.1. The molecule has 3 aromatic rings. The molecule has 0 saturated carbocycles. The average molecular weight is 485 g/mol. The van der Waals surface area contributed by atoms with Crippen LogP contribution in [0.3, 0.4) is 0 Å². The number of nitrogens with zero attached hydrogens (tertiary/aromatic N) is 1. The summed E-state index contributed by atoms with van der Waals surface area (Å²) in [5.74, 6) is -0.342. The van der Waals surface area contributed by atoms with Gasteiger partial charge in [-0.3, -0.25) is 9.10 Å². The van der Waals surface area contributed by atoms with Crippen molar-refractivity contribution >= 4 is 33.3 Å². The molecule has 0 spiro atoms. The van der Waals surface area contributed by atoms with Gasteiger partial charge >= 0.3 is 5.97 Å². The Morgan fingerprint density at radius 1 is 0.853 bits per heavy atom. The van der Waals surface area contributed by atoms with Gasteiger partial charge < -0.3 is 19.5 Å². The average Bonchev–Trinajstić information content (AvgIpc) is 2.87. The van der Waals surface area contributed by atoms with E-state index in [-0.39, 0.29) is 21.8 Å². The molecule has 0 radical (unpaired) electrons. The van der Waals surface area contributed by atoms with Crippen LogP contribution in [0.1, 0.15) is 20.7 Å². The van der Waals surface area contributed by atoms with Crippen molar-refractivity contribution in [3.8, 4) is 11.5 Å². The van der Waals surface area contributed by atoms with Gasteiger partial charge in [0, 0.05) is 18.7 Å². The molecule has 0 bridgehead atoms. The van der Waals surface area contributed by atoms with Crippen LogP contribution in [-0.4, -0.2) is 48.7 Å². The number of nitrogens with one attached hydrogen (secondary N) is 1. The van der Waals surface area contributed by atoms with Crippen molar-refractivity contribution in [3.05, 3.63) is 77.9 Å². The molecule has 1 N–H and O–H groups in total. The molecule has 34 heavy (non-hydrogen) atoms. The largest absolute Gasteiger partial charge is 0.493 e. The van der Waals surface area contributed by atoms with Crippen molar-refractivity contribution in [3.63, 3.8) is 0 Å². The van der Waals surface area contributed by atoms with Crippen molar-refractivity contribution in [1.82, 2.24) is 0 Å². The van der Waals surface area contributed by atoms with Gasteiger partial charge in [-0.05, 0) is 48.5 Å². The van der Waals surface area contributed by atoms with Crippen LogP contribution in [0.4, 0.5) is 11.4 Å². The maximum absolute atomic E-state index is 13.1. The van der Waals surface area contributed by atoms with E-state index in [1.165, 1.54) is 70.8 Å². The molecule has 0 heterocycles. The number of ether oxygens (including phenoxy) is 3. The van der Waals surface area contributed by atoms with Gasteiger partial charge in [-0.25, -0.2) is 13.2 Å². The smallest absolute Gasteiger partial charge is 0.339 e. The number of anilines is 2. The predicted molar refractivity (Wildman–Crippen MR) is 127 cm³/mol. The monoisotopic (exact) mass is 484 g/mol. The summed E-state index contributed by atoms with van der Waals surface area (Å²) >= 11 is 0. The zero-order chi connectivity index (χ0) is 24.9. The highest BCUT2D eigenvalue weighted by molar-refractivity contribution is 7.92. The molecule has 0 saturated heterocycles. The molecule has 3 aromatic carbocycles. The lowest BCUT2D eigenvalue weighted by atomic mass is 10.1. The first-order valence-corrected chi connectivity index (χ1v) is 11.5. The van der Waals surface area contributed by atoms with Crippen molar-refractivity contribution in [2.75, 3.05) is 38.0 Å². The van der Waals surface area contributed by atoms with Gasteiger partial charge in [0.2, 0.25) is 0 Å². The van der Waals surface area contributed by atoms with Crippen LogP contribution in [0.25, 0.3) is 0 Å². The van der Waals surface area contributed by atoms with E-state index in [1.54, 1.807) is 24.3 Å². The first kappa shape index (κ1) is 24.6. The number of amides is 1. The van der Waals surface area contributed by atoms with Gasteiger partial charge in [0.25, 0.3) is 15.9 Å². The Bertz CT molecular complexity index is 1310. The number of para-hydroxylation sites is 1. The number of esters is 1. The van der Waals surface area contributed by atoms with E-state index in [0.29, 0.717) is 17.1 Å². The zero-order valence-electron chi connectivity index (χ0n) is 19.1. The Morgan fingerprint density at radius 2 is 1.50 bits per heavy atom. The lowest BCUT2D eigenvalue weighted by Crippen LogP contribution is -2.26. The summed E-state index contributed by atoms with van der Waals surface area (Å²) in [6, 6.07) is 16.8. The lowest BCUT2D eigenvalue weighted by Gasteiger charge is -2.20. The molecule has 10 heteroatoms. The van der Waals surface area contributed by atoms with Crippen LogP contribution < -0.4 is 19.1 Å². The van der Waals surface area contributed by atoms with Crippen molar-refractivity contribution in [2.24, 2.45) is 0 Å². The standard InChI is InChI=1S/C24H24N2O7S/c1-26(34(29,30)18-13-14-21(31-2)22(15-18)32-3)17-11-9-16(10-12-17)23(27)25-20-8-6-5-7-19(20)24(28)33-4/h5-15H,1-4H3,(H,25,27). The lowest BCUT2D eigenvalue weighted by molar-refractivity contribution is 0.0602. The fourth-order valence-corrected chi connectivity index (χ4v) is 4.38. The summed E-state index contributed by atoms with van der Waals surface area (Å²) in [6.07, 6.45) is 0. The highest BCUT2D eigenvalue weighted by Crippen LogP contribution is 2.31. The first-order valence-electron chi connectivity index (χ1n) is 10.0. The van der Waals surface area contributed by atoms with Gasteiger partial charge in [0.05, 0.1) is 43.2 Å². The van der Waals surface area contributed by atoms with E-state index in [1.807, 2.05) is 0 Å². The van der Waals surface area contributed by atoms with E-state index in [4.69, 9.17) is 14.2 Å². The fraction of sp³-hybridized carbons (Fsp3) is 0.167. The minimum atomic E-state index is -3.90. The van der Waals surface area contributed by atoms with Crippen LogP contribution in [-0.2, 0) is 14.8 Å². The van der Waals surface area contributed by atoms with Crippen molar-refractivity contribution < 1.29 is 32.2 Å². The highest BCUT2D eigenvalue weighted by atomic mass is 32.2. The number of benzene rings is 3. The molecule has 178 valence electrons. The summed E-state index contributed by atoms with van der Waals surface area (Å²) in [4.78, 5) is 24.6. The number of carbonyl (C=O) groups is 2. The van der Waals surface area contributed by atoms with E-state index in [2.05, 4.69) is 5.32 Å². The quantitative estimate of drug-likeness (QED) is 0.487. The third-order valence-electron chi connectivity index (χ3n) is 5.09. The molecular weight excluding hydrogens is 460 g/mol. The molecule has 0 unspecified atom stereocenters. The fourth-order valence-electron chi connectivity index (χ4n) is 3.17. The summed E-state index contributed by atoms with van der Waals surface area (Å²) in [7, 11) is 1.65. The molecule has 0 fully saturated rings. The topological polar surface area (TPSA) is 111 Å². The third-order valence-corrected chi connectivity index (χ3v) is 6.87. The number of sulfonamides is 1. The van der Waals surface area contributed by atoms with Crippen LogP contribution in [0, 0.1) is 0 Å². The Hall–Kier alpha value is -4.05. The Kier molecular flexibility index (Phi) is 7.42. The SMILES string of the molecule is COC(=O)c1ccccc1NC(=O)c1ccc(N(C)S(=O)(=O)c2ccc(OC)c(OC)c2)cc1. The molecule has 3 rings (SSSR count). The highest BCUT2D eigenvalue weighted by Gasteiger charge is 2.23. The van der Waals surface area contributed by atoms with E-state index in [0.717, 1.165) is 4.31 Å². The Balaban J connectivity index is 1.81. The summed E-state index contributed by atoms with van der Waals surface area (Å²) in [5, 5.41) is 2.67. The van der Waals surface area contributed by atoms with Crippen molar-refractivity contribution in [2.45, 2.75) is 4.90 Å². The van der Waals surface area contributed by atoms with Crippen LogP contribution in [0.2, 0.25) is 0 Å². The molecule has 0 aliphatic rings. The third kappa shape index (κ3) is 4.96. The molecule has 1 amide bonds. The molecule has 0 aliphatic heterocycles. The summed E-state index contributed by atoms with van der Waals surface area (Å²) < 4.78 is 42.4. The number of rotatable bonds is 8. The van der Waals surface area contributed by atoms with E-state index < -0.39 is 21.9 Å². The summed E-state index contributed by atoms with van der Waals surface area (Å²) in [6.45, 7) is 0. The van der Waals surface area contributed by atoms with Crippen LogP contribution >= 0.6 is 0 Å². The van der Waals surface area contributed by atoms with E-state index in [9.17, 15) is 18.0 Å². The summed E-state index contributed by atoms with van der Waals surface area (Å²) in [5.41, 5.74) is 1.15. The molecule has 0 atom stereocenters. The number of methoxy groups -OCH3 is 3. The van der Waals surface area contributed by atoms with Crippen LogP contribution in [0.5, 0.6) is 11.5 Å². The molecule has 0 aliphatic carbocycles. The van der Waals surface area contributed by atoms with Gasteiger partial charge in [-0.1, -0.05) is 12.1 Å². The normalized spacial score (nSPS) is 10.8. The Labute approximate surface area is 197 Å². The molecule has 0 aromatic heterocycles. The minimum absolute atomic E-state index is 0.0221. The first-order chi connectivity index (χ1) is 16.2. The Morgan fingerprint density at radius 3 is 2.12 bits per heavy atom. The van der Waals surface area contributed by atoms with Gasteiger partial charge in [0.1, 0.15) is 0 Å². The number of hydrogen-bond acceptors (Lipinski definition) is 7. The molecular formula is C24H24N2O7S. The number of hydrogen-bond donors (Lipinski definition) is 1. The second kappa shape index (κ2) is 10.3. The van der Waals surface area contributed by atoms with Crippen molar-refractivity contribution in [1.29, 1.82) is 0 Å². The second-order valence-corrected chi connectivity index (χ2v) is 9.00. The van der Waals surface area contributed by atoms with Gasteiger partial charge in [0.15, 0.2) is 11.5 Å². The van der Waals surface area contributed by atoms with Gasteiger partial charge in [-0.15, -0.1) is 0 Å². The minimum Gasteiger partial charge on any atom is -0.493 e. The second-order valence-electron chi connectivity index (χ2n) is 7.03.